The van der Waals surface area contributed by atoms with Crippen LogP contribution in [0.4, 0.5) is 18.9 Å². The van der Waals surface area contributed by atoms with Crippen molar-refractivity contribution in [3.63, 3.8) is 0 Å². The average molecular weight is 422 g/mol. The number of nitrogens with two attached hydrogens (primary N) is 1. The lowest BCUT2D eigenvalue weighted by Crippen LogP contribution is -2.24. The van der Waals surface area contributed by atoms with Crippen molar-refractivity contribution in [2.24, 2.45) is 5.14 Å². The van der Waals surface area contributed by atoms with Crippen LogP contribution in [-0.2, 0) is 21.3 Å². The summed E-state index contributed by atoms with van der Waals surface area (Å²) in [5.41, 5.74) is -0.0483. The van der Waals surface area contributed by atoms with Crippen molar-refractivity contribution in [2.75, 3.05) is 4.31 Å². The van der Waals surface area contributed by atoms with Crippen molar-refractivity contribution >= 4 is 33.1 Å². The first-order valence-electron chi connectivity index (χ1n) is 7.04. The van der Waals surface area contributed by atoms with E-state index in [2.05, 4.69) is 4.74 Å². The third-order valence-electron chi connectivity index (χ3n) is 3.14. The lowest BCUT2D eigenvalue weighted by atomic mass is 10.2. The van der Waals surface area contributed by atoms with Crippen molar-refractivity contribution in [2.45, 2.75) is 11.5 Å². The molecule has 2 rings (SSSR count). The fourth-order valence-electron chi connectivity index (χ4n) is 2.08. The first-order chi connectivity index (χ1) is 12.6. The highest BCUT2D eigenvalue weighted by Gasteiger charge is 2.24. The first kappa shape index (κ1) is 20.9. The first-order valence-corrected chi connectivity index (χ1v) is 9.65. The highest BCUT2D eigenvalue weighted by Crippen LogP contribution is 2.28. The number of halogens is 3. The predicted molar refractivity (Wildman–Crippen MR) is 93.1 cm³/mol. The zero-order valence-corrected chi connectivity index (χ0v) is 15.0. The standard InChI is InChI=1S/C15H13F3N2O5S2/c16-12-2-1-3-13(14(12)27(19,23)24)20(26(21)22)9-8-10-4-6-11(7-5-10)25-15(17)18/h1-9,15H,(H,21,22)(H2,19,23,24). The Morgan fingerprint density at radius 3 is 2.33 bits per heavy atom. The van der Waals surface area contributed by atoms with E-state index in [-0.39, 0.29) is 5.75 Å². The minimum Gasteiger partial charge on any atom is -0.435 e. The zero-order valence-electron chi connectivity index (χ0n) is 13.3. The molecule has 0 spiro atoms. The Morgan fingerprint density at radius 2 is 1.81 bits per heavy atom. The van der Waals surface area contributed by atoms with Crippen molar-refractivity contribution in [3.05, 3.63) is 60.0 Å². The second-order valence-corrected chi connectivity index (χ2v) is 7.31. The summed E-state index contributed by atoms with van der Waals surface area (Å²) < 4.78 is 87.3. The molecule has 0 radical (unpaired) electrons. The van der Waals surface area contributed by atoms with Crippen LogP contribution in [0.25, 0.3) is 6.08 Å². The van der Waals surface area contributed by atoms with Crippen LogP contribution in [-0.4, -0.2) is 23.8 Å². The van der Waals surface area contributed by atoms with E-state index in [0.29, 0.717) is 9.87 Å². The van der Waals surface area contributed by atoms with Gasteiger partial charge in [0.25, 0.3) is 11.3 Å². The van der Waals surface area contributed by atoms with Gasteiger partial charge < -0.3 is 4.74 Å². The van der Waals surface area contributed by atoms with E-state index in [4.69, 9.17) is 5.14 Å². The summed E-state index contributed by atoms with van der Waals surface area (Å²) in [5.74, 6) is -1.28. The molecule has 0 saturated carbocycles. The molecule has 0 aliphatic rings. The Balaban J connectivity index is 2.39. The topological polar surface area (TPSA) is 110 Å². The minimum atomic E-state index is -4.53. The average Bonchev–Trinajstić information content (AvgIpc) is 2.54. The highest BCUT2D eigenvalue weighted by atomic mass is 32.2. The maximum Gasteiger partial charge on any atom is 0.387 e. The summed E-state index contributed by atoms with van der Waals surface area (Å²) in [6.45, 7) is -2.98. The number of rotatable bonds is 7. The van der Waals surface area contributed by atoms with Crippen molar-refractivity contribution in [1.82, 2.24) is 0 Å². The number of ether oxygens (including phenoxy) is 1. The molecule has 3 N–H and O–H groups in total. The van der Waals surface area contributed by atoms with E-state index in [1.165, 1.54) is 30.3 Å². The molecule has 0 aromatic heterocycles. The molecule has 2 aromatic rings. The number of nitrogens with zero attached hydrogens (tertiary/aromatic N) is 1. The van der Waals surface area contributed by atoms with Gasteiger partial charge in [-0.15, -0.1) is 0 Å². The van der Waals surface area contributed by atoms with Gasteiger partial charge in [-0.25, -0.2) is 26.5 Å². The maximum atomic E-state index is 13.9. The molecule has 146 valence electrons. The van der Waals surface area contributed by atoms with E-state index in [0.717, 1.165) is 24.4 Å². The van der Waals surface area contributed by atoms with Crippen LogP contribution in [0.2, 0.25) is 0 Å². The third kappa shape index (κ3) is 5.53. The lowest BCUT2D eigenvalue weighted by Gasteiger charge is -2.18. The van der Waals surface area contributed by atoms with Crippen LogP contribution in [0.1, 0.15) is 5.56 Å². The van der Waals surface area contributed by atoms with Gasteiger partial charge in [0, 0.05) is 6.20 Å². The normalized spacial score (nSPS) is 13.1. The number of hydrogen-bond donors (Lipinski definition) is 2. The minimum absolute atomic E-state index is 0.0913. The van der Waals surface area contributed by atoms with Gasteiger partial charge in [0.1, 0.15) is 16.5 Å². The number of sulfonamides is 1. The Bertz CT molecular complexity index is 966. The Hall–Kier alpha value is -2.41. The van der Waals surface area contributed by atoms with Crippen LogP contribution >= 0.6 is 0 Å². The van der Waals surface area contributed by atoms with Gasteiger partial charge in [-0.3, -0.25) is 4.55 Å². The lowest BCUT2D eigenvalue weighted by molar-refractivity contribution is -0.0498. The fraction of sp³-hybridized carbons (Fsp3) is 0.0667. The van der Waals surface area contributed by atoms with E-state index >= 15 is 0 Å². The molecule has 0 saturated heterocycles. The van der Waals surface area contributed by atoms with Crippen molar-refractivity contribution in [3.8, 4) is 5.75 Å². The summed E-state index contributed by atoms with van der Waals surface area (Å²) >= 11 is -2.76. The van der Waals surface area contributed by atoms with Gasteiger partial charge in [-0.05, 0) is 35.9 Å². The third-order valence-corrected chi connectivity index (χ3v) is 4.77. The van der Waals surface area contributed by atoms with E-state index in [9.17, 15) is 30.4 Å². The molecular formula is C15H13F3N2O5S2. The summed E-state index contributed by atoms with van der Waals surface area (Å²) in [5, 5.41) is 4.99. The second kappa shape index (κ2) is 8.52. The van der Waals surface area contributed by atoms with E-state index < -0.39 is 44.3 Å². The summed E-state index contributed by atoms with van der Waals surface area (Å²) in [6, 6.07) is 8.31. The highest BCUT2D eigenvalue weighted by molar-refractivity contribution is 7.89. The van der Waals surface area contributed by atoms with Gasteiger partial charge in [0.2, 0.25) is 10.0 Å². The molecule has 0 heterocycles. The molecule has 2 aromatic carbocycles. The molecule has 0 aliphatic heterocycles. The van der Waals surface area contributed by atoms with Gasteiger partial charge in [-0.1, -0.05) is 18.2 Å². The van der Waals surface area contributed by atoms with Crippen LogP contribution in [0.15, 0.2) is 53.6 Å². The molecule has 1 unspecified atom stereocenters. The molecule has 27 heavy (non-hydrogen) atoms. The second-order valence-electron chi connectivity index (χ2n) is 4.95. The van der Waals surface area contributed by atoms with Gasteiger partial charge in [0.05, 0.1) is 5.69 Å². The zero-order chi connectivity index (χ0) is 20.2. The SMILES string of the molecule is NS(=O)(=O)c1c(F)cccc1N(C=Cc1ccc(OC(F)F)cc1)S(=O)O. The molecule has 1 atom stereocenters. The van der Waals surface area contributed by atoms with Crippen molar-refractivity contribution < 1.29 is 35.1 Å². The number of alkyl halides is 2. The Morgan fingerprint density at radius 1 is 1.19 bits per heavy atom. The van der Waals surface area contributed by atoms with Crippen LogP contribution < -0.4 is 14.2 Å². The Kier molecular flexibility index (Phi) is 6.59. The van der Waals surface area contributed by atoms with Crippen LogP contribution in [0.5, 0.6) is 5.75 Å². The van der Waals surface area contributed by atoms with Crippen molar-refractivity contribution in [1.29, 1.82) is 0 Å². The molecular weight excluding hydrogens is 409 g/mol. The molecule has 12 heteroatoms. The van der Waals surface area contributed by atoms with Crippen LogP contribution in [0.3, 0.4) is 0 Å². The Labute approximate surface area is 155 Å². The summed E-state index contributed by atoms with van der Waals surface area (Å²) in [6.07, 6.45) is 2.29. The molecule has 0 amide bonds. The number of anilines is 1. The smallest absolute Gasteiger partial charge is 0.387 e. The largest absolute Gasteiger partial charge is 0.435 e. The molecule has 7 nitrogen and oxygen atoms in total. The van der Waals surface area contributed by atoms with E-state index in [1.807, 2.05) is 0 Å². The van der Waals surface area contributed by atoms with E-state index in [1.54, 1.807) is 0 Å². The van der Waals surface area contributed by atoms with Crippen LogP contribution in [0, 0.1) is 5.82 Å². The molecule has 0 bridgehead atoms. The molecule has 0 fully saturated rings. The monoisotopic (exact) mass is 422 g/mol. The maximum absolute atomic E-state index is 13.9. The van der Waals surface area contributed by atoms with Gasteiger partial charge in [0.15, 0.2) is 0 Å². The van der Waals surface area contributed by atoms with Gasteiger partial charge >= 0.3 is 6.61 Å². The quantitative estimate of drug-likeness (QED) is 0.667. The number of primary sulfonamides is 1. The predicted octanol–water partition coefficient (Wildman–Crippen LogP) is 2.69. The number of benzene rings is 2. The summed E-state index contributed by atoms with van der Waals surface area (Å²) in [7, 11) is -4.53. The van der Waals surface area contributed by atoms with Gasteiger partial charge in [-0.2, -0.15) is 8.78 Å². The summed E-state index contributed by atoms with van der Waals surface area (Å²) in [4.78, 5) is -0.947. The molecule has 0 aliphatic carbocycles. The number of hydrogen-bond acceptors (Lipinski definition) is 4. The fourth-order valence-corrected chi connectivity index (χ4v) is 3.42.